The lowest BCUT2D eigenvalue weighted by atomic mass is 10.1. The topological polar surface area (TPSA) is 15.3 Å². The first-order valence-electron chi connectivity index (χ1n) is 5.35. The number of hydrogen-bond donors (Lipinski definition) is 1. The molecule has 0 aromatic heterocycles. The summed E-state index contributed by atoms with van der Waals surface area (Å²) in [6, 6.07) is 8.81. The molecule has 1 heterocycles. The summed E-state index contributed by atoms with van der Waals surface area (Å²) in [4.78, 5) is 2.46. The summed E-state index contributed by atoms with van der Waals surface area (Å²) in [5.74, 6) is 0. The molecule has 0 aliphatic carbocycles. The van der Waals surface area contributed by atoms with E-state index in [1.165, 1.54) is 11.1 Å². The van der Waals surface area contributed by atoms with E-state index >= 15 is 0 Å². The maximum absolute atomic E-state index is 3.52. The molecule has 0 spiro atoms. The van der Waals surface area contributed by atoms with Crippen LogP contribution in [0.25, 0.3) is 0 Å². The van der Waals surface area contributed by atoms with Crippen LogP contribution in [0.15, 0.2) is 24.3 Å². The molecule has 2 rings (SSSR count). The molecule has 76 valence electrons. The van der Waals surface area contributed by atoms with Crippen molar-refractivity contribution in [3.05, 3.63) is 35.4 Å². The fourth-order valence-electron chi connectivity index (χ4n) is 2.02. The van der Waals surface area contributed by atoms with Crippen molar-refractivity contribution in [3.63, 3.8) is 0 Å². The molecule has 1 N–H and O–H groups in total. The zero-order chi connectivity index (χ0) is 9.97. The van der Waals surface area contributed by atoms with E-state index in [2.05, 4.69) is 48.3 Å². The van der Waals surface area contributed by atoms with Crippen LogP contribution in [0, 0.1) is 6.92 Å². The van der Waals surface area contributed by atoms with Crippen molar-refractivity contribution in [3.8, 4) is 0 Å². The monoisotopic (exact) mass is 190 g/mol. The molecule has 1 aliphatic heterocycles. The highest BCUT2D eigenvalue weighted by atomic mass is 15.3. The van der Waals surface area contributed by atoms with Crippen LogP contribution in [-0.4, -0.2) is 24.5 Å². The minimum absolute atomic E-state index is 0.431. The van der Waals surface area contributed by atoms with Crippen molar-refractivity contribution < 1.29 is 0 Å². The molecule has 1 saturated heterocycles. The summed E-state index contributed by atoms with van der Waals surface area (Å²) in [5.41, 5.74) is 2.71. The van der Waals surface area contributed by atoms with Crippen molar-refractivity contribution in [2.24, 2.45) is 0 Å². The second-order valence-electron chi connectivity index (χ2n) is 3.90. The molecule has 14 heavy (non-hydrogen) atoms. The van der Waals surface area contributed by atoms with Gasteiger partial charge in [0.2, 0.25) is 0 Å². The highest BCUT2D eigenvalue weighted by Crippen LogP contribution is 2.21. The molecular formula is C12H18N2. The Hall–Kier alpha value is -0.860. The first-order chi connectivity index (χ1) is 6.81. The van der Waals surface area contributed by atoms with Gasteiger partial charge < -0.3 is 0 Å². The molecular weight excluding hydrogens is 172 g/mol. The third-order valence-electron chi connectivity index (χ3n) is 2.90. The van der Waals surface area contributed by atoms with Crippen LogP contribution in [0.2, 0.25) is 0 Å². The molecule has 2 nitrogen and oxygen atoms in total. The lowest BCUT2D eigenvalue weighted by molar-refractivity contribution is 0.258. The average Bonchev–Trinajstić information content (AvgIpc) is 2.67. The Morgan fingerprint density at radius 3 is 2.71 bits per heavy atom. The van der Waals surface area contributed by atoms with Crippen LogP contribution in [0.5, 0.6) is 0 Å². The van der Waals surface area contributed by atoms with Crippen molar-refractivity contribution in [2.45, 2.75) is 20.0 Å². The van der Waals surface area contributed by atoms with Gasteiger partial charge in [-0.2, -0.15) is 0 Å². The van der Waals surface area contributed by atoms with Gasteiger partial charge in [0.05, 0.1) is 6.17 Å². The lowest BCUT2D eigenvalue weighted by Crippen LogP contribution is -2.27. The number of hydrogen-bond acceptors (Lipinski definition) is 2. The van der Waals surface area contributed by atoms with Gasteiger partial charge in [-0.25, -0.2) is 0 Å². The summed E-state index contributed by atoms with van der Waals surface area (Å²) < 4.78 is 0. The molecule has 0 radical (unpaired) electrons. The standard InChI is InChI=1S/C12H18N2/c1-3-14-9-8-13-12(14)11-6-4-10(2)5-7-11/h4-7,12-13H,3,8-9H2,1-2H3. The largest absolute Gasteiger partial charge is 0.297 e. The van der Waals surface area contributed by atoms with E-state index in [9.17, 15) is 0 Å². The van der Waals surface area contributed by atoms with E-state index in [4.69, 9.17) is 0 Å². The van der Waals surface area contributed by atoms with Gasteiger partial charge >= 0.3 is 0 Å². The minimum Gasteiger partial charge on any atom is -0.297 e. The van der Waals surface area contributed by atoms with Gasteiger partial charge in [-0.1, -0.05) is 36.8 Å². The van der Waals surface area contributed by atoms with Crippen LogP contribution < -0.4 is 5.32 Å². The molecule has 0 saturated carbocycles. The fraction of sp³-hybridized carbons (Fsp3) is 0.500. The van der Waals surface area contributed by atoms with Crippen molar-refractivity contribution >= 4 is 0 Å². The smallest absolute Gasteiger partial charge is 0.0861 e. The Morgan fingerprint density at radius 2 is 2.07 bits per heavy atom. The molecule has 1 aromatic rings. The highest BCUT2D eigenvalue weighted by molar-refractivity contribution is 5.24. The first-order valence-corrected chi connectivity index (χ1v) is 5.35. The number of nitrogens with zero attached hydrogens (tertiary/aromatic N) is 1. The Bertz CT molecular complexity index is 292. The normalized spacial score (nSPS) is 22.9. The maximum atomic E-state index is 3.52. The van der Waals surface area contributed by atoms with Gasteiger partial charge in [0.25, 0.3) is 0 Å². The Labute approximate surface area is 85.9 Å². The molecule has 1 fully saturated rings. The van der Waals surface area contributed by atoms with Gasteiger partial charge in [-0.05, 0) is 19.0 Å². The van der Waals surface area contributed by atoms with Gasteiger partial charge in [0, 0.05) is 13.1 Å². The average molecular weight is 190 g/mol. The van der Waals surface area contributed by atoms with Gasteiger partial charge in [0.1, 0.15) is 0 Å². The molecule has 1 unspecified atom stereocenters. The number of benzene rings is 1. The van der Waals surface area contributed by atoms with E-state index in [0.717, 1.165) is 19.6 Å². The molecule has 1 aromatic carbocycles. The van der Waals surface area contributed by atoms with E-state index in [1.54, 1.807) is 0 Å². The predicted molar refractivity (Wildman–Crippen MR) is 59.2 cm³/mol. The van der Waals surface area contributed by atoms with Crippen LogP contribution >= 0.6 is 0 Å². The third kappa shape index (κ3) is 1.81. The molecule has 0 bridgehead atoms. The molecule has 2 heteroatoms. The van der Waals surface area contributed by atoms with Crippen LogP contribution in [-0.2, 0) is 0 Å². The van der Waals surface area contributed by atoms with Crippen molar-refractivity contribution in [1.82, 2.24) is 10.2 Å². The quantitative estimate of drug-likeness (QED) is 0.766. The zero-order valence-corrected chi connectivity index (χ0v) is 8.96. The summed E-state index contributed by atoms with van der Waals surface area (Å²) in [6.45, 7) is 7.73. The maximum Gasteiger partial charge on any atom is 0.0861 e. The zero-order valence-electron chi connectivity index (χ0n) is 8.96. The van der Waals surface area contributed by atoms with Gasteiger partial charge in [-0.3, -0.25) is 10.2 Å². The summed E-state index contributed by atoms with van der Waals surface area (Å²) >= 11 is 0. The number of likely N-dealkylation sites (N-methyl/N-ethyl adjacent to an activating group) is 1. The second kappa shape index (κ2) is 4.11. The minimum atomic E-state index is 0.431. The highest BCUT2D eigenvalue weighted by Gasteiger charge is 2.23. The number of rotatable bonds is 2. The Kier molecular flexibility index (Phi) is 2.85. The van der Waals surface area contributed by atoms with E-state index in [-0.39, 0.29) is 0 Å². The first kappa shape index (κ1) is 9.69. The summed E-state index contributed by atoms with van der Waals surface area (Å²) in [6.07, 6.45) is 0.431. The van der Waals surface area contributed by atoms with Crippen LogP contribution in [0.1, 0.15) is 24.2 Å². The molecule has 1 aliphatic rings. The number of aryl methyl sites for hydroxylation is 1. The second-order valence-corrected chi connectivity index (χ2v) is 3.90. The van der Waals surface area contributed by atoms with E-state index in [0.29, 0.717) is 6.17 Å². The van der Waals surface area contributed by atoms with E-state index in [1.807, 2.05) is 0 Å². The third-order valence-corrected chi connectivity index (χ3v) is 2.90. The lowest BCUT2D eigenvalue weighted by Gasteiger charge is -2.22. The number of nitrogens with one attached hydrogen (secondary N) is 1. The fourth-order valence-corrected chi connectivity index (χ4v) is 2.02. The van der Waals surface area contributed by atoms with Crippen LogP contribution in [0.4, 0.5) is 0 Å². The van der Waals surface area contributed by atoms with Gasteiger partial charge in [0.15, 0.2) is 0 Å². The Balaban J connectivity index is 2.17. The van der Waals surface area contributed by atoms with Crippen LogP contribution in [0.3, 0.4) is 0 Å². The SMILES string of the molecule is CCN1CCNC1c1ccc(C)cc1. The van der Waals surface area contributed by atoms with E-state index < -0.39 is 0 Å². The predicted octanol–water partition coefficient (Wildman–Crippen LogP) is 1.92. The molecule has 0 amide bonds. The molecule has 1 atom stereocenters. The summed E-state index contributed by atoms with van der Waals surface area (Å²) in [7, 11) is 0. The van der Waals surface area contributed by atoms with Crippen molar-refractivity contribution in [1.29, 1.82) is 0 Å². The Morgan fingerprint density at radius 1 is 1.36 bits per heavy atom. The summed E-state index contributed by atoms with van der Waals surface area (Å²) in [5, 5.41) is 3.52. The van der Waals surface area contributed by atoms with Gasteiger partial charge in [-0.15, -0.1) is 0 Å². The van der Waals surface area contributed by atoms with Crippen molar-refractivity contribution in [2.75, 3.05) is 19.6 Å².